The van der Waals surface area contributed by atoms with Crippen molar-refractivity contribution >= 4 is 35.1 Å². The number of ether oxygens (including phenoxy) is 2. The maximum absolute atomic E-state index is 11.8. The van der Waals surface area contributed by atoms with Gasteiger partial charge in [-0.15, -0.1) is 0 Å². The summed E-state index contributed by atoms with van der Waals surface area (Å²) >= 11 is 11.9. The molecule has 0 unspecified atom stereocenters. The molecule has 0 saturated carbocycles. The zero-order valence-corrected chi connectivity index (χ0v) is 16.2. The fourth-order valence-electron chi connectivity index (χ4n) is 2.26. The van der Waals surface area contributed by atoms with Gasteiger partial charge in [-0.05, 0) is 25.0 Å². The van der Waals surface area contributed by atoms with Crippen molar-refractivity contribution in [3.8, 4) is 5.75 Å². The van der Waals surface area contributed by atoms with Crippen molar-refractivity contribution < 1.29 is 19.1 Å². The van der Waals surface area contributed by atoms with Gasteiger partial charge in [-0.25, -0.2) is 0 Å². The van der Waals surface area contributed by atoms with Crippen molar-refractivity contribution in [1.82, 2.24) is 0 Å². The highest BCUT2D eigenvalue weighted by atomic mass is 35.5. The Morgan fingerprint density at radius 1 is 0.880 bits per heavy atom. The third-order valence-corrected chi connectivity index (χ3v) is 4.25. The summed E-state index contributed by atoms with van der Waals surface area (Å²) in [5.74, 6) is -0.600. The molecule has 0 aromatic heterocycles. The Hall–Kier alpha value is -1.26. The van der Waals surface area contributed by atoms with Gasteiger partial charge in [0.2, 0.25) is 0 Å². The minimum absolute atomic E-state index is 0.105. The van der Waals surface area contributed by atoms with E-state index in [1.165, 1.54) is 25.7 Å². The van der Waals surface area contributed by atoms with Crippen LogP contribution in [0.1, 0.15) is 64.7 Å². The Morgan fingerprint density at radius 3 is 2.16 bits per heavy atom. The number of carbonyl (C=O) groups excluding carboxylic acids is 2. The minimum atomic E-state index is -0.473. The molecule has 0 N–H and O–H groups in total. The summed E-state index contributed by atoms with van der Waals surface area (Å²) in [5.41, 5.74) is 0. The summed E-state index contributed by atoms with van der Waals surface area (Å²) in [7, 11) is 0. The number of hydrogen-bond donors (Lipinski definition) is 0. The predicted molar refractivity (Wildman–Crippen MR) is 100 cm³/mol. The second-order valence-corrected chi connectivity index (χ2v) is 6.68. The van der Waals surface area contributed by atoms with Crippen LogP contribution in [0.5, 0.6) is 5.75 Å². The summed E-state index contributed by atoms with van der Waals surface area (Å²) in [6.07, 6.45) is 7.55. The van der Waals surface area contributed by atoms with Gasteiger partial charge in [-0.1, -0.05) is 68.3 Å². The lowest BCUT2D eigenvalue weighted by Crippen LogP contribution is -2.11. The first-order valence-corrected chi connectivity index (χ1v) is 9.60. The SMILES string of the molecule is CCCCCCCCOC(=O)CCCC(=O)Oc1c(Cl)cccc1Cl. The highest BCUT2D eigenvalue weighted by molar-refractivity contribution is 6.37. The highest BCUT2D eigenvalue weighted by Gasteiger charge is 2.13. The van der Waals surface area contributed by atoms with E-state index in [2.05, 4.69) is 6.92 Å². The van der Waals surface area contributed by atoms with Crippen molar-refractivity contribution in [1.29, 1.82) is 0 Å². The van der Waals surface area contributed by atoms with Crippen LogP contribution in [0, 0.1) is 0 Å². The molecular formula is C19H26Cl2O4. The molecule has 0 radical (unpaired) electrons. The van der Waals surface area contributed by atoms with Crippen LogP contribution in [0.15, 0.2) is 18.2 Å². The minimum Gasteiger partial charge on any atom is -0.466 e. The molecule has 0 saturated heterocycles. The average molecular weight is 389 g/mol. The molecule has 0 aliphatic heterocycles. The van der Waals surface area contributed by atoms with Gasteiger partial charge in [0.1, 0.15) is 0 Å². The fourth-order valence-corrected chi connectivity index (χ4v) is 2.74. The number of rotatable bonds is 12. The van der Waals surface area contributed by atoms with E-state index < -0.39 is 5.97 Å². The quantitative estimate of drug-likeness (QED) is 0.251. The fraction of sp³-hybridized carbons (Fsp3) is 0.579. The van der Waals surface area contributed by atoms with E-state index in [1.807, 2.05) is 0 Å². The van der Waals surface area contributed by atoms with E-state index in [0.717, 1.165) is 12.8 Å². The van der Waals surface area contributed by atoms with Crippen LogP contribution in [0.4, 0.5) is 0 Å². The number of unbranched alkanes of at least 4 members (excludes halogenated alkanes) is 5. The second kappa shape index (κ2) is 13.0. The molecule has 0 heterocycles. The van der Waals surface area contributed by atoms with Crippen LogP contribution < -0.4 is 4.74 Å². The van der Waals surface area contributed by atoms with Gasteiger partial charge < -0.3 is 9.47 Å². The van der Waals surface area contributed by atoms with Crippen molar-refractivity contribution in [3.63, 3.8) is 0 Å². The van der Waals surface area contributed by atoms with Crippen LogP contribution in [0.3, 0.4) is 0 Å². The second-order valence-electron chi connectivity index (χ2n) is 5.87. The van der Waals surface area contributed by atoms with Crippen LogP contribution in [0.2, 0.25) is 10.0 Å². The number of benzene rings is 1. The zero-order chi connectivity index (χ0) is 18.5. The predicted octanol–water partition coefficient (Wildman–Crippen LogP) is 5.97. The lowest BCUT2D eigenvalue weighted by atomic mass is 10.1. The Kier molecular flexibility index (Phi) is 11.3. The summed E-state index contributed by atoms with van der Waals surface area (Å²) in [5, 5.41) is 0.554. The van der Waals surface area contributed by atoms with Crippen molar-refractivity contribution in [2.24, 2.45) is 0 Å². The number of halogens is 2. The summed E-state index contributed by atoms with van der Waals surface area (Å²) < 4.78 is 10.3. The number of carbonyl (C=O) groups is 2. The molecule has 1 rings (SSSR count). The van der Waals surface area contributed by atoms with Gasteiger partial charge in [0, 0.05) is 12.8 Å². The molecular weight excluding hydrogens is 363 g/mol. The molecule has 1 aromatic carbocycles. The lowest BCUT2D eigenvalue weighted by Gasteiger charge is -2.08. The van der Waals surface area contributed by atoms with E-state index >= 15 is 0 Å². The van der Waals surface area contributed by atoms with Gasteiger partial charge in [0.05, 0.1) is 16.7 Å². The van der Waals surface area contributed by atoms with E-state index in [4.69, 9.17) is 32.7 Å². The molecule has 0 amide bonds. The maximum Gasteiger partial charge on any atom is 0.311 e. The number of hydrogen-bond acceptors (Lipinski definition) is 4. The van der Waals surface area contributed by atoms with Crippen LogP contribution in [0.25, 0.3) is 0 Å². The first-order chi connectivity index (χ1) is 12.0. The zero-order valence-electron chi connectivity index (χ0n) is 14.7. The van der Waals surface area contributed by atoms with E-state index in [0.29, 0.717) is 13.0 Å². The summed E-state index contributed by atoms with van der Waals surface area (Å²) in [6.45, 7) is 2.63. The van der Waals surface area contributed by atoms with Gasteiger partial charge in [-0.3, -0.25) is 9.59 Å². The Bertz CT molecular complexity index is 526. The molecule has 1 aromatic rings. The summed E-state index contributed by atoms with van der Waals surface area (Å²) in [6, 6.07) is 4.85. The first kappa shape index (κ1) is 21.8. The van der Waals surface area contributed by atoms with E-state index in [-0.39, 0.29) is 34.6 Å². The molecule has 0 aliphatic rings. The van der Waals surface area contributed by atoms with Gasteiger partial charge in [-0.2, -0.15) is 0 Å². The van der Waals surface area contributed by atoms with E-state index in [1.54, 1.807) is 18.2 Å². The topological polar surface area (TPSA) is 52.6 Å². The number of para-hydroxylation sites is 1. The van der Waals surface area contributed by atoms with Gasteiger partial charge in [0.15, 0.2) is 5.75 Å². The molecule has 140 valence electrons. The standard InChI is InChI=1S/C19H26Cl2O4/c1-2-3-4-5-6-7-14-24-17(22)12-9-13-18(23)25-19-15(20)10-8-11-16(19)21/h8,10-11H,2-7,9,12-14H2,1H3. The smallest absolute Gasteiger partial charge is 0.311 e. The van der Waals surface area contributed by atoms with Crippen LogP contribution in [-0.2, 0) is 14.3 Å². The van der Waals surface area contributed by atoms with Crippen LogP contribution in [-0.4, -0.2) is 18.5 Å². The van der Waals surface area contributed by atoms with E-state index in [9.17, 15) is 9.59 Å². The molecule has 0 fully saturated rings. The largest absolute Gasteiger partial charge is 0.466 e. The molecule has 0 atom stereocenters. The Balaban J connectivity index is 2.11. The Labute approximate surface area is 159 Å². The maximum atomic E-state index is 11.8. The number of esters is 2. The molecule has 4 nitrogen and oxygen atoms in total. The first-order valence-electron chi connectivity index (χ1n) is 8.85. The van der Waals surface area contributed by atoms with Crippen molar-refractivity contribution in [3.05, 3.63) is 28.2 Å². The summed E-state index contributed by atoms with van der Waals surface area (Å²) in [4.78, 5) is 23.4. The third-order valence-electron chi connectivity index (χ3n) is 3.66. The molecule has 6 heteroatoms. The molecule has 0 bridgehead atoms. The van der Waals surface area contributed by atoms with Crippen molar-refractivity contribution in [2.45, 2.75) is 64.7 Å². The van der Waals surface area contributed by atoms with Crippen LogP contribution >= 0.6 is 23.2 Å². The van der Waals surface area contributed by atoms with Gasteiger partial charge >= 0.3 is 11.9 Å². The normalized spacial score (nSPS) is 10.5. The molecule has 0 aliphatic carbocycles. The lowest BCUT2D eigenvalue weighted by molar-refractivity contribution is -0.144. The van der Waals surface area contributed by atoms with Crippen molar-refractivity contribution in [2.75, 3.05) is 6.61 Å². The monoisotopic (exact) mass is 388 g/mol. The Morgan fingerprint density at radius 2 is 1.48 bits per heavy atom. The molecule has 0 spiro atoms. The van der Waals surface area contributed by atoms with Gasteiger partial charge in [0.25, 0.3) is 0 Å². The molecule has 25 heavy (non-hydrogen) atoms. The third kappa shape index (κ3) is 9.71. The average Bonchev–Trinajstić information content (AvgIpc) is 2.57. The highest BCUT2D eigenvalue weighted by Crippen LogP contribution is 2.32.